The van der Waals surface area contributed by atoms with Crippen LogP contribution in [0.3, 0.4) is 0 Å². The Morgan fingerprint density at radius 3 is 1.02 bits per heavy atom. The number of benzene rings is 2. The van der Waals surface area contributed by atoms with Crippen molar-refractivity contribution in [2.24, 2.45) is 9.98 Å². The van der Waals surface area contributed by atoms with E-state index >= 15 is 0 Å². The fraction of sp³-hybridized carbons (Fsp3) is 0. The summed E-state index contributed by atoms with van der Waals surface area (Å²) >= 11 is 0. The number of rotatable bonds is 6. The largest absolute Gasteiger partial charge is 0.265 e. The molecule has 0 unspecified atom stereocenters. The van der Waals surface area contributed by atoms with E-state index in [1.807, 2.05) is 73.3 Å². The van der Waals surface area contributed by atoms with Crippen molar-refractivity contribution in [1.82, 2.24) is 29.9 Å². The average molecular weight is 669 g/mol. The molecule has 244 valence electrons. The second kappa shape index (κ2) is 13.5. The van der Waals surface area contributed by atoms with Crippen molar-refractivity contribution in [3.05, 3.63) is 194 Å². The normalized spacial score (nSPS) is 12.1. The van der Waals surface area contributed by atoms with Gasteiger partial charge in [-0.05, 0) is 82.9 Å². The van der Waals surface area contributed by atoms with Gasteiger partial charge in [-0.15, -0.1) is 0 Å². The van der Waals surface area contributed by atoms with E-state index in [-0.39, 0.29) is 0 Å². The summed E-state index contributed by atoms with van der Waals surface area (Å²) in [6.45, 7) is 0. The van der Waals surface area contributed by atoms with Gasteiger partial charge in [-0.3, -0.25) is 29.9 Å². The lowest BCUT2D eigenvalue weighted by Crippen LogP contribution is -2.12. The van der Waals surface area contributed by atoms with Crippen LogP contribution >= 0.6 is 0 Å². The highest BCUT2D eigenvalue weighted by Crippen LogP contribution is 2.33. The van der Waals surface area contributed by atoms with Crippen LogP contribution in [0.4, 0.5) is 11.4 Å². The molecule has 9 rings (SSSR count). The van der Waals surface area contributed by atoms with Gasteiger partial charge in [0.2, 0.25) is 0 Å². The van der Waals surface area contributed by atoms with Crippen molar-refractivity contribution in [1.29, 1.82) is 0 Å². The molecule has 0 atom stereocenters. The van der Waals surface area contributed by atoms with E-state index in [9.17, 15) is 0 Å². The van der Waals surface area contributed by atoms with Crippen LogP contribution in [0.25, 0.3) is 44.5 Å². The van der Waals surface area contributed by atoms with Crippen molar-refractivity contribution in [2.45, 2.75) is 0 Å². The molecule has 8 nitrogen and oxygen atoms in total. The van der Waals surface area contributed by atoms with Crippen molar-refractivity contribution >= 4 is 22.8 Å². The lowest BCUT2D eigenvalue weighted by atomic mass is 9.97. The van der Waals surface area contributed by atoms with Gasteiger partial charge in [-0.1, -0.05) is 48.5 Å². The Labute approximate surface area is 300 Å². The first-order valence-corrected chi connectivity index (χ1v) is 16.8. The number of hydrogen-bond donors (Lipinski definition) is 0. The average Bonchev–Trinajstić information content (AvgIpc) is 3.22. The fourth-order valence-corrected chi connectivity index (χ4v) is 6.33. The number of pyridine rings is 6. The molecule has 0 radical (unpaired) electrons. The third kappa shape index (κ3) is 6.05. The molecule has 7 heterocycles. The third-order valence-electron chi connectivity index (χ3n) is 8.97. The van der Waals surface area contributed by atoms with Gasteiger partial charge in [0, 0.05) is 95.3 Å². The first kappa shape index (κ1) is 30.7. The zero-order valence-electron chi connectivity index (χ0n) is 27.7. The first-order valence-electron chi connectivity index (χ1n) is 16.8. The molecule has 0 amide bonds. The summed E-state index contributed by atoms with van der Waals surface area (Å²) in [5.74, 6) is 0. The van der Waals surface area contributed by atoms with Gasteiger partial charge in [-0.2, -0.15) is 0 Å². The SMILES string of the molecule is c1cnc2c(c1)N=C(c1ccc(-c3cncc(-c4ccncc4)c3)cc1)c1ncccc1N=C2c1ccc(-c2cncc(-c3ccncc3)c2)cc1. The summed E-state index contributed by atoms with van der Waals surface area (Å²) < 4.78 is 0. The highest BCUT2D eigenvalue weighted by Gasteiger charge is 2.22. The van der Waals surface area contributed by atoms with Gasteiger partial charge >= 0.3 is 0 Å². The van der Waals surface area contributed by atoms with E-state index in [1.54, 1.807) is 37.2 Å². The second-order valence-electron chi connectivity index (χ2n) is 12.2. The lowest BCUT2D eigenvalue weighted by molar-refractivity contribution is 1.22. The molecule has 8 aromatic rings. The molecule has 0 aliphatic carbocycles. The Kier molecular flexibility index (Phi) is 7.99. The van der Waals surface area contributed by atoms with Crippen LogP contribution in [-0.4, -0.2) is 41.3 Å². The Bertz CT molecular complexity index is 2420. The molecule has 0 fully saturated rings. The number of aromatic nitrogens is 6. The molecular formula is C44H28N8. The molecule has 6 aromatic heterocycles. The van der Waals surface area contributed by atoms with Crippen LogP contribution in [0.1, 0.15) is 22.5 Å². The minimum Gasteiger partial charge on any atom is -0.265 e. The number of fused-ring (bicyclic) bond motifs is 2. The molecule has 1 aliphatic rings. The Morgan fingerprint density at radius 1 is 0.288 bits per heavy atom. The summed E-state index contributed by atoms with van der Waals surface area (Å²) in [7, 11) is 0. The molecule has 0 N–H and O–H groups in total. The Morgan fingerprint density at radius 2 is 0.635 bits per heavy atom. The maximum absolute atomic E-state index is 5.23. The van der Waals surface area contributed by atoms with Crippen molar-refractivity contribution in [3.63, 3.8) is 0 Å². The molecule has 0 saturated heterocycles. The molecule has 0 saturated carbocycles. The predicted octanol–water partition coefficient (Wildman–Crippen LogP) is 9.38. The van der Waals surface area contributed by atoms with Gasteiger partial charge in [-0.25, -0.2) is 9.98 Å². The number of nitrogens with zero attached hydrogens (tertiary/aromatic N) is 8. The summed E-state index contributed by atoms with van der Waals surface area (Å²) in [5, 5.41) is 0. The van der Waals surface area contributed by atoms with Crippen LogP contribution in [0, 0.1) is 0 Å². The summed E-state index contributed by atoms with van der Waals surface area (Å²) in [5.41, 5.74) is 14.4. The summed E-state index contributed by atoms with van der Waals surface area (Å²) in [6, 6.07) is 36.6. The number of hydrogen-bond acceptors (Lipinski definition) is 8. The van der Waals surface area contributed by atoms with Crippen LogP contribution in [0.2, 0.25) is 0 Å². The van der Waals surface area contributed by atoms with E-state index in [0.29, 0.717) is 22.8 Å². The Balaban J connectivity index is 1.07. The monoisotopic (exact) mass is 668 g/mol. The fourth-order valence-electron chi connectivity index (χ4n) is 6.33. The van der Waals surface area contributed by atoms with E-state index in [0.717, 1.165) is 67.1 Å². The zero-order valence-corrected chi connectivity index (χ0v) is 27.7. The maximum atomic E-state index is 5.23. The molecule has 1 aliphatic heterocycles. The van der Waals surface area contributed by atoms with Crippen molar-refractivity contribution in [3.8, 4) is 44.5 Å². The highest BCUT2D eigenvalue weighted by molar-refractivity contribution is 6.21. The first-order chi connectivity index (χ1) is 25.8. The lowest BCUT2D eigenvalue weighted by Gasteiger charge is -2.17. The second-order valence-corrected chi connectivity index (χ2v) is 12.2. The molecule has 8 heteroatoms. The van der Waals surface area contributed by atoms with Crippen LogP contribution in [0.15, 0.2) is 181 Å². The van der Waals surface area contributed by atoms with Crippen LogP contribution in [0.5, 0.6) is 0 Å². The zero-order chi connectivity index (χ0) is 34.7. The minimum absolute atomic E-state index is 0.694. The standard InChI is InChI=1S/C44H28N8/c1-3-39-43(49-17-1)41(33-9-5-29(6-10-33)35-23-37(27-47-25-35)31-13-19-45-20-14-31)52-40-4-2-18-50-44(40)42(51-39)34-11-7-30(8-12-34)36-24-38(28-48-26-36)32-15-21-46-22-16-32/h1-28H. The smallest absolute Gasteiger partial charge is 0.115 e. The minimum atomic E-state index is 0.694. The van der Waals surface area contributed by atoms with E-state index < -0.39 is 0 Å². The molecular weight excluding hydrogens is 641 g/mol. The Hall–Kier alpha value is -7.32. The summed E-state index contributed by atoms with van der Waals surface area (Å²) in [4.78, 5) is 37.4. The molecule has 0 spiro atoms. The maximum Gasteiger partial charge on any atom is 0.115 e. The van der Waals surface area contributed by atoms with Gasteiger partial charge in [0.05, 0.1) is 22.8 Å². The topological polar surface area (TPSA) is 102 Å². The predicted molar refractivity (Wildman–Crippen MR) is 205 cm³/mol. The van der Waals surface area contributed by atoms with Gasteiger partial charge in [0.1, 0.15) is 11.4 Å². The quantitative estimate of drug-likeness (QED) is 0.175. The third-order valence-corrected chi connectivity index (χ3v) is 8.97. The van der Waals surface area contributed by atoms with E-state index in [4.69, 9.17) is 20.0 Å². The highest BCUT2D eigenvalue weighted by atomic mass is 14.9. The van der Waals surface area contributed by atoms with E-state index in [2.05, 4.69) is 80.6 Å². The number of aliphatic imine (C=N–C) groups is 2. The van der Waals surface area contributed by atoms with Crippen LogP contribution in [-0.2, 0) is 0 Å². The van der Waals surface area contributed by atoms with Crippen molar-refractivity contribution < 1.29 is 0 Å². The molecule has 52 heavy (non-hydrogen) atoms. The van der Waals surface area contributed by atoms with Crippen LogP contribution < -0.4 is 0 Å². The van der Waals surface area contributed by atoms with Gasteiger partial charge in [0.25, 0.3) is 0 Å². The van der Waals surface area contributed by atoms with Gasteiger partial charge in [0.15, 0.2) is 0 Å². The molecule has 0 bridgehead atoms. The molecule has 2 aromatic carbocycles. The van der Waals surface area contributed by atoms with Crippen molar-refractivity contribution in [2.75, 3.05) is 0 Å². The van der Waals surface area contributed by atoms with Gasteiger partial charge < -0.3 is 0 Å². The summed E-state index contributed by atoms with van der Waals surface area (Å²) in [6.07, 6.45) is 18.2. The van der Waals surface area contributed by atoms with E-state index in [1.165, 1.54) is 0 Å².